The van der Waals surface area contributed by atoms with Crippen LogP contribution >= 0.6 is 0 Å². The Morgan fingerprint density at radius 1 is 1.12 bits per heavy atom. The van der Waals surface area contributed by atoms with Crippen LogP contribution in [0, 0.1) is 0 Å². The average molecular weight is 234 g/mol. The molecule has 0 heterocycles. The van der Waals surface area contributed by atoms with Gasteiger partial charge in [0.2, 0.25) is 6.41 Å². The van der Waals surface area contributed by atoms with Gasteiger partial charge in [-0.2, -0.15) is 0 Å². The lowest BCUT2D eigenvalue weighted by Crippen LogP contribution is -2.35. The number of carbonyl (C=O) groups is 1. The number of ether oxygens (including phenoxy) is 2. The monoisotopic (exact) mass is 234 g/mol. The van der Waals surface area contributed by atoms with Crippen LogP contribution in [-0.2, 0) is 14.3 Å². The van der Waals surface area contributed by atoms with Crippen molar-refractivity contribution < 1.29 is 14.3 Å². The summed E-state index contributed by atoms with van der Waals surface area (Å²) in [6.45, 7) is 8.84. The number of carbonyl (C=O) groups excluding carboxylic acids is 1. The topological polar surface area (TPSA) is 73.6 Å². The summed E-state index contributed by atoms with van der Waals surface area (Å²) < 4.78 is 9.98. The fraction of sp³-hybridized carbons (Fsp3) is 0.909. The molecule has 0 aromatic rings. The SMILES string of the molecule is COC(C)(C)CN.COC(C)(C)CNC=O. The molecule has 0 fully saturated rings. The zero-order valence-corrected chi connectivity index (χ0v) is 11.3. The van der Waals surface area contributed by atoms with Crippen LogP contribution < -0.4 is 11.1 Å². The van der Waals surface area contributed by atoms with Crippen molar-refractivity contribution in [2.75, 3.05) is 27.3 Å². The Balaban J connectivity index is 0. The Kier molecular flexibility index (Phi) is 9.42. The summed E-state index contributed by atoms with van der Waals surface area (Å²) in [4.78, 5) is 9.80. The second kappa shape index (κ2) is 8.50. The van der Waals surface area contributed by atoms with Crippen LogP contribution in [0.1, 0.15) is 27.7 Å². The van der Waals surface area contributed by atoms with Gasteiger partial charge in [0.25, 0.3) is 0 Å². The number of amides is 1. The first kappa shape index (κ1) is 17.7. The molecule has 0 unspecified atom stereocenters. The van der Waals surface area contributed by atoms with Crippen molar-refractivity contribution in [1.29, 1.82) is 0 Å². The second-order valence-corrected chi connectivity index (χ2v) is 4.63. The lowest BCUT2D eigenvalue weighted by atomic mass is 10.1. The number of nitrogens with two attached hydrogens (primary N) is 1. The molecule has 16 heavy (non-hydrogen) atoms. The van der Waals surface area contributed by atoms with Crippen LogP contribution in [0.25, 0.3) is 0 Å². The fourth-order valence-corrected chi connectivity index (χ4v) is 0.443. The number of methoxy groups -OCH3 is 2. The van der Waals surface area contributed by atoms with Crippen LogP contribution in [0.2, 0.25) is 0 Å². The Morgan fingerprint density at radius 3 is 1.75 bits per heavy atom. The van der Waals surface area contributed by atoms with Crippen molar-refractivity contribution in [2.45, 2.75) is 38.9 Å². The molecule has 0 rings (SSSR count). The van der Waals surface area contributed by atoms with Crippen LogP contribution in [0.5, 0.6) is 0 Å². The number of hydrogen-bond acceptors (Lipinski definition) is 4. The first-order valence-corrected chi connectivity index (χ1v) is 5.22. The summed E-state index contributed by atoms with van der Waals surface area (Å²) in [6, 6.07) is 0. The van der Waals surface area contributed by atoms with Crippen molar-refractivity contribution in [1.82, 2.24) is 5.32 Å². The minimum atomic E-state index is -0.249. The molecule has 0 saturated carbocycles. The van der Waals surface area contributed by atoms with E-state index >= 15 is 0 Å². The van der Waals surface area contributed by atoms with E-state index in [9.17, 15) is 4.79 Å². The maximum absolute atomic E-state index is 9.80. The molecule has 3 N–H and O–H groups in total. The van der Waals surface area contributed by atoms with Gasteiger partial charge in [-0.25, -0.2) is 0 Å². The van der Waals surface area contributed by atoms with Gasteiger partial charge in [-0.1, -0.05) is 0 Å². The molecular formula is C11H26N2O3. The summed E-state index contributed by atoms with van der Waals surface area (Å²) >= 11 is 0. The van der Waals surface area contributed by atoms with Gasteiger partial charge in [0.1, 0.15) is 0 Å². The third-order valence-electron chi connectivity index (χ3n) is 2.21. The molecule has 0 aliphatic rings. The third-order valence-corrected chi connectivity index (χ3v) is 2.21. The summed E-state index contributed by atoms with van der Waals surface area (Å²) in [5.41, 5.74) is 4.90. The summed E-state index contributed by atoms with van der Waals surface area (Å²) in [5.74, 6) is 0. The van der Waals surface area contributed by atoms with E-state index < -0.39 is 0 Å². The Morgan fingerprint density at radius 2 is 1.56 bits per heavy atom. The second-order valence-electron chi connectivity index (χ2n) is 4.63. The molecule has 0 aromatic carbocycles. The normalized spacial score (nSPS) is 11.4. The van der Waals surface area contributed by atoms with Crippen LogP contribution in [0.3, 0.4) is 0 Å². The highest BCUT2D eigenvalue weighted by molar-refractivity contribution is 5.45. The summed E-state index contributed by atoms with van der Waals surface area (Å²) in [6.07, 6.45) is 0.667. The van der Waals surface area contributed by atoms with E-state index in [1.807, 2.05) is 27.7 Å². The standard InChI is InChI=1S/C6H13NO2.C5H13NO/c1-6(2,9-3)4-7-5-8;1-5(2,4-6)7-3/h5H,4H2,1-3H3,(H,7,8);4,6H2,1-3H3. The molecule has 0 aliphatic carbocycles. The van der Waals surface area contributed by atoms with E-state index in [1.165, 1.54) is 0 Å². The van der Waals surface area contributed by atoms with Gasteiger partial charge >= 0.3 is 0 Å². The number of rotatable bonds is 6. The lowest BCUT2D eigenvalue weighted by molar-refractivity contribution is -0.110. The highest BCUT2D eigenvalue weighted by atomic mass is 16.5. The molecule has 5 heteroatoms. The number of hydrogen-bond donors (Lipinski definition) is 2. The average Bonchev–Trinajstić information content (AvgIpc) is 2.27. The summed E-state index contributed by atoms with van der Waals surface area (Å²) in [7, 11) is 3.28. The van der Waals surface area contributed by atoms with Gasteiger partial charge in [-0.3, -0.25) is 4.79 Å². The molecule has 0 bridgehead atoms. The minimum absolute atomic E-state index is 0.139. The van der Waals surface area contributed by atoms with Crippen LogP contribution in [0.15, 0.2) is 0 Å². The predicted octanol–water partition coefficient (Wildman–Crippen LogP) is 0.528. The van der Waals surface area contributed by atoms with Crippen LogP contribution in [-0.4, -0.2) is 44.9 Å². The van der Waals surface area contributed by atoms with Crippen molar-refractivity contribution in [2.24, 2.45) is 5.73 Å². The predicted molar refractivity (Wildman–Crippen MR) is 65.3 cm³/mol. The van der Waals surface area contributed by atoms with Gasteiger partial charge < -0.3 is 20.5 Å². The first-order chi connectivity index (χ1) is 7.24. The van der Waals surface area contributed by atoms with E-state index in [2.05, 4.69) is 5.32 Å². The van der Waals surface area contributed by atoms with Crippen molar-refractivity contribution in [3.63, 3.8) is 0 Å². The van der Waals surface area contributed by atoms with Gasteiger partial charge in [-0.15, -0.1) is 0 Å². The first-order valence-electron chi connectivity index (χ1n) is 5.22. The molecule has 0 radical (unpaired) electrons. The van der Waals surface area contributed by atoms with Crippen molar-refractivity contribution in [3.8, 4) is 0 Å². The van der Waals surface area contributed by atoms with Gasteiger partial charge in [0.05, 0.1) is 11.2 Å². The molecule has 0 atom stereocenters. The van der Waals surface area contributed by atoms with Crippen molar-refractivity contribution >= 4 is 6.41 Å². The molecule has 0 spiro atoms. The molecule has 5 nitrogen and oxygen atoms in total. The highest BCUT2D eigenvalue weighted by Crippen LogP contribution is 2.03. The van der Waals surface area contributed by atoms with Gasteiger partial charge in [0, 0.05) is 27.3 Å². The minimum Gasteiger partial charge on any atom is -0.378 e. The molecule has 1 amide bonds. The van der Waals surface area contributed by atoms with Crippen molar-refractivity contribution in [3.05, 3.63) is 0 Å². The third kappa shape index (κ3) is 11.4. The Labute approximate surface area is 98.7 Å². The maximum atomic E-state index is 9.80. The number of nitrogens with one attached hydrogen (secondary N) is 1. The van der Waals surface area contributed by atoms with Crippen LogP contribution in [0.4, 0.5) is 0 Å². The molecule has 0 aliphatic heterocycles. The van der Waals surface area contributed by atoms with E-state index in [1.54, 1.807) is 14.2 Å². The Bertz CT molecular complexity index is 176. The lowest BCUT2D eigenvalue weighted by Gasteiger charge is -2.21. The van der Waals surface area contributed by atoms with E-state index in [-0.39, 0.29) is 11.2 Å². The molecule has 0 saturated heterocycles. The zero-order chi connectivity index (χ0) is 13.2. The summed E-state index contributed by atoms with van der Waals surface area (Å²) in [5, 5.41) is 2.53. The van der Waals surface area contributed by atoms with E-state index in [0.717, 1.165) is 0 Å². The fourth-order valence-electron chi connectivity index (χ4n) is 0.443. The highest BCUT2D eigenvalue weighted by Gasteiger charge is 2.14. The largest absolute Gasteiger partial charge is 0.378 e. The molecular weight excluding hydrogens is 208 g/mol. The van der Waals surface area contributed by atoms with E-state index in [4.69, 9.17) is 15.2 Å². The zero-order valence-electron chi connectivity index (χ0n) is 11.3. The smallest absolute Gasteiger partial charge is 0.207 e. The molecule has 0 aromatic heterocycles. The Hall–Kier alpha value is -0.650. The van der Waals surface area contributed by atoms with Gasteiger partial charge in [-0.05, 0) is 27.7 Å². The van der Waals surface area contributed by atoms with Gasteiger partial charge in [0.15, 0.2) is 0 Å². The quantitative estimate of drug-likeness (QED) is 0.657. The van der Waals surface area contributed by atoms with E-state index in [0.29, 0.717) is 19.5 Å². The maximum Gasteiger partial charge on any atom is 0.207 e. The molecule has 98 valence electrons.